The Kier molecular flexibility index (Phi) is 3.15. The van der Waals surface area contributed by atoms with E-state index in [0.29, 0.717) is 12.8 Å². The van der Waals surface area contributed by atoms with Crippen molar-refractivity contribution in [2.24, 2.45) is 5.41 Å². The Morgan fingerprint density at radius 1 is 1.26 bits per heavy atom. The summed E-state index contributed by atoms with van der Waals surface area (Å²) in [7, 11) is 0. The predicted octanol–water partition coefficient (Wildman–Crippen LogP) is 2.15. The summed E-state index contributed by atoms with van der Waals surface area (Å²) in [6.07, 6.45) is 0.267. The number of rotatable bonds is 1. The zero-order valence-corrected chi connectivity index (χ0v) is 12.1. The molecule has 106 valence electrons. The van der Waals surface area contributed by atoms with Crippen LogP contribution in [0.15, 0.2) is 0 Å². The van der Waals surface area contributed by atoms with Gasteiger partial charge < -0.3 is 14.2 Å². The summed E-state index contributed by atoms with van der Waals surface area (Å²) in [4.78, 5) is 12.3. The minimum Gasteiger partial charge on any atom is -0.459 e. The van der Waals surface area contributed by atoms with E-state index in [2.05, 4.69) is 6.07 Å². The Balaban J connectivity index is 2.12. The lowest BCUT2D eigenvalue weighted by atomic mass is 9.87. The smallest absolute Gasteiger partial charge is 0.327 e. The summed E-state index contributed by atoms with van der Waals surface area (Å²) in [5.74, 6) is -1.10. The molecule has 1 heterocycles. The summed E-state index contributed by atoms with van der Waals surface area (Å²) in [5, 5.41) is 9.41. The van der Waals surface area contributed by atoms with Gasteiger partial charge in [-0.25, -0.2) is 0 Å². The minimum atomic E-state index is -1.14. The summed E-state index contributed by atoms with van der Waals surface area (Å²) >= 11 is 0. The van der Waals surface area contributed by atoms with E-state index in [-0.39, 0.29) is 12.2 Å². The zero-order chi connectivity index (χ0) is 14.5. The average molecular weight is 267 g/mol. The summed E-state index contributed by atoms with van der Waals surface area (Å²) in [5.41, 5.74) is -1.74. The normalized spacial score (nSPS) is 31.6. The van der Waals surface area contributed by atoms with Crippen molar-refractivity contribution in [3.8, 4) is 6.07 Å². The van der Waals surface area contributed by atoms with Gasteiger partial charge in [0.2, 0.25) is 0 Å². The van der Waals surface area contributed by atoms with Gasteiger partial charge in [0, 0.05) is 12.8 Å². The third-order valence-corrected chi connectivity index (χ3v) is 3.39. The molecule has 1 saturated heterocycles. The number of carbonyl (C=O) groups excluding carboxylic acids is 1. The molecule has 1 aliphatic heterocycles. The molecule has 2 rings (SSSR count). The Hall–Kier alpha value is -1.12. The van der Waals surface area contributed by atoms with Crippen LogP contribution < -0.4 is 0 Å². The summed E-state index contributed by atoms with van der Waals surface area (Å²) in [6, 6.07) is 2.12. The first-order chi connectivity index (χ1) is 8.57. The molecule has 0 aromatic carbocycles. The number of nitriles is 1. The van der Waals surface area contributed by atoms with Crippen LogP contribution in [-0.4, -0.2) is 29.6 Å². The van der Waals surface area contributed by atoms with Crippen LogP contribution in [0.2, 0.25) is 0 Å². The van der Waals surface area contributed by atoms with Crippen molar-refractivity contribution in [1.82, 2.24) is 0 Å². The quantitative estimate of drug-likeness (QED) is 0.681. The third kappa shape index (κ3) is 2.75. The van der Waals surface area contributed by atoms with Crippen LogP contribution in [0.25, 0.3) is 0 Å². The maximum atomic E-state index is 12.3. The van der Waals surface area contributed by atoms with Crippen molar-refractivity contribution in [1.29, 1.82) is 5.26 Å². The van der Waals surface area contributed by atoms with Gasteiger partial charge in [0.15, 0.2) is 11.2 Å². The SMILES string of the molecule is CC(C)(C)OC(=O)C1(C#N)C[C@H]2OC(C)(C)O[C@@H]2C1. The number of carbonyl (C=O) groups is 1. The van der Waals surface area contributed by atoms with Crippen LogP contribution in [0.4, 0.5) is 0 Å². The Labute approximate surface area is 113 Å². The Morgan fingerprint density at radius 3 is 2.11 bits per heavy atom. The van der Waals surface area contributed by atoms with Crippen LogP contribution in [0.1, 0.15) is 47.5 Å². The lowest BCUT2D eigenvalue weighted by molar-refractivity contribution is -0.175. The number of esters is 1. The fourth-order valence-electron chi connectivity index (χ4n) is 2.70. The van der Waals surface area contributed by atoms with Crippen LogP contribution in [-0.2, 0) is 19.0 Å². The highest BCUT2D eigenvalue weighted by Crippen LogP contribution is 2.48. The molecule has 5 heteroatoms. The van der Waals surface area contributed by atoms with Crippen LogP contribution >= 0.6 is 0 Å². The van der Waals surface area contributed by atoms with Crippen LogP contribution in [0.3, 0.4) is 0 Å². The van der Waals surface area contributed by atoms with E-state index in [4.69, 9.17) is 14.2 Å². The monoisotopic (exact) mass is 267 g/mol. The molecule has 0 unspecified atom stereocenters. The van der Waals surface area contributed by atoms with Crippen molar-refractivity contribution in [3.05, 3.63) is 0 Å². The molecular weight excluding hydrogens is 246 g/mol. The Morgan fingerprint density at radius 2 is 1.74 bits per heavy atom. The van der Waals surface area contributed by atoms with E-state index in [1.165, 1.54) is 0 Å². The highest BCUT2D eigenvalue weighted by Gasteiger charge is 2.58. The van der Waals surface area contributed by atoms with E-state index < -0.39 is 22.8 Å². The van der Waals surface area contributed by atoms with Crippen molar-refractivity contribution < 1.29 is 19.0 Å². The predicted molar refractivity (Wildman–Crippen MR) is 67.0 cm³/mol. The van der Waals surface area contributed by atoms with Crippen molar-refractivity contribution in [3.63, 3.8) is 0 Å². The molecule has 2 aliphatic rings. The van der Waals surface area contributed by atoms with Gasteiger partial charge in [-0.05, 0) is 34.6 Å². The first-order valence-corrected chi connectivity index (χ1v) is 6.57. The topological polar surface area (TPSA) is 68.6 Å². The van der Waals surface area contributed by atoms with Gasteiger partial charge in [0.1, 0.15) is 5.60 Å². The zero-order valence-electron chi connectivity index (χ0n) is 12.1. The van der Waals surface area contributed by atoms with Gasteiger partial charge >= 0.3 is 5.97 Å². The molecule has 0 spiro atoms. The first-order valence-electron chi connectivity index (χ1n) is 6.57. The number of hydrogen-bond acceptors (Lipinski definition) is 5. The molecule has 19 heavy (non-hydrogen) atoms. The molecule has 2 fully saturated rings. The van der Waals surface area contributed by atoms with Gasteiger partial charge in [0.25, 0.3) is 0 Å². The standard InChI is InChI=1S/C14H21NO4/c1-12(2,3)19-11(16)14(8-15)6-9-10(7-14)18-13(4,5)17-9/h9-10H,6-7H2,1-5H3/t9-,10-/m1/s1. The second-order valence-corrected chi connectivity index (χ2v) is 6.82. The Bertz CT molecular complexity index is 414. The molecule has 0 N–H and O–H groups in total. The number of ether oxygens (including phenoxy) is 3. The molecule has 1 aliphatic carbocycles. The van der Waals surface area contributed by atoms with Gasteiger partial charge in [-0.3, -0.25) is 4.79 Å². The highest BCUT2D eigenvalue weighted by atomic mass is 16.8. The van der Waals surface area contributed by atoms with Crippen LogP contribution in [0.5, 0.6) is 0 Å². The second kappa shape index (κ2) is 4.19. The van der Waals surface area contributed by atoms with E-state index in [9.17, 15) is 10.1 Å². The van der Waals surface area contributed by atoms with Gasteiger partial charge in [0.05, 0.1) is 18.3 Å². The molecule has 0 bridgehead atoms. The fraction of sp³-hybridized carbons (Fsp3) is 0.857. The van der Waals surface area contributed by atoms with Crippen LogP contribution in [0, 0.1) is 16.7 Å². The van der Waals surface area contributed by atoms with Crippen molar-refractivity contribution in [2.75, 3.05) is 0 Å². The van der Waals surface area contributed by atoms with Gasteiger partial charge in [-0.15, -0.1) is 0 Å². The minimum absolute atomic E-state index is 0.206. The lowest BCUT2D eigenvalue weighted by Gasteiger charge is -2.28. The molecule has 0 aromatic rings. The summed E-state index contributed by atoms with van der Waals surface area (Å²) in [6.45, 7) is 9.06. The maximum absolute atomic E-state index is 12.3. The second-order valence-electron chi connectivity index (χ2n) is 6.82. The van der Waals surface area contributed by atoms with Crippen molar-refractivity contribution >= 4 is 5.97 Å². The molecule has 0 aromatic heterocycles. The molecule has 0 radical (unpaired) electrons. The van der Waals surface area contributed by atoms with Gasteiger partial charge in [-0.1, -0.05) is 0 Å². The number of nitrogens with zero attached hydrogens (tertiary/aromatic N) is 1. The maximum Gasteiger partial charge on any atom is 0.327 e. The number of fused-ring (bicyclic) bond motifs is 1. The summed E-state index contributed by atoms with van der Waals surface area (Å²) < 4.78 is 16.8. The third-order valence-electron chi connectivity index (χ3n) is 3.39. The molecular formula is C14H21NO4. The van der Waals surface area contributed by atoms with E-state index >= 15 is 0 Å². The number of hydrogen-bond donors (Lipinski definition) is 0. The van der Waals surface area contributed by atoms with E-state index in [1.54, 1.807) is 20.8 Å². The molecule has 1 saturated carbocycles. The van der Waals surface area contributed by atoms with Gasteiger partial charge in [-0.2, -0.15) is 5.26 Å². The fourth-order valence-corrected chi connectivity index (χ4v) is 2.70. The van der Waals surface area contributed by atoms with Crippen molar-refractivity contribution in [2.45, 2.75) is 71.1 Å². The lowest BCUT2D eigenvalue weighted by Crippen LogP contribution is -2.37. The first kappa shape index (κ1) is 14.3. The van der Waals surface area contributed by atoms with E-state index in [0.717, 1.165) is 0 Å². The highest BCUT2D eigenvalue weighted by molar-refractivity contribution is 5.81. The molecule has 5 nitrogen and oxygen atoms in total. The molecule has 2 atom stereocenters. The largest absolute Gasteiger partial charge is 0.459 e. The average Bonchev–Trinajstić information content (AvgIpc) is 2.65. The molecule has 0 amide bonds. The van der Waals surface area contributed by atoms with E-state index in [1.807, 2.05) is 13.8 Å².